The SMILES string of the molecule is C=CC(=C)C(=O)NCc1cc2nc(-c3cccc(N/N=C\C)c3)nc(N3CCOCC3)c2s1. The lowest BCUT2D eigenvalue weighted by molar-refractivity contribution is -0.117. The minimum Gasteiger partial charge on any atom is -0.378 e. The molecule has 4 rings (SSSR count). The Bertz CT molecular complexity index is 1210. The molecule has 2 aromatic heterocycles. The largest absolute Gasteiger partial charge is 0.378 e. The molecule has 1 amide bonds. The van der Waals surface area contributed by atoms with E-state index in [4.69, 9.17) is 14.7 Å². The molecular weight excluding hydrogens is 436 g/mol. The maximum absolute atomic E-state index is 12.1. The standard InChI is InChI=1S/C24H26N6O2S/c1-4-16(3)24(31)25-15-19-14-20-21(33-19)23(30-9-11-32-12-10-30)28-22(27-20)17-7-6-8-18(13-17)29-26-5-2/h4-8,13-14,29H,1,3,9-12,15H2,2H3,(H,25,31)/b26-5-. The van der Waals surface area contributed by atoms with E-state index < -0.39 is 0 Å². The number of morpholine rings is 1. The van der Waals surface area contributed by atoms with Gasteiger partial charge < -0.3 is 15.0 Å². The molecule has 1 aromatic carbocycles. The second-order valence-electron chi connectivity index (χ2n) is 7.39. The number of aromatic nitrogens is 2. The Labute approximate surface area is 196 Å². The lowest BCUT2D eigenvalue weighted by Crippen LogP contribution is -2.36. The summed E-state index contributed by atoms with van der Waals surface area (Å²) in [7, 11) is 0. The van der Waals surface area contributed by atoms with Crippen molar-refractivity contribution in [1.29, 1.82) is 0 Å². The Morgan fingerprint density at radius 3 is 2.88 bits per heavy atom. The van der Waals surface area contributed by atoms with E-state index in [1.807, 2.05) is 37.3 Å². The van der Waals surface area contributed by atoms with Gasteiger partial charge in [0.05, 0.1) is 35.7 Å². The van der Waals surface area contributed by atoms with Crippen LogP contribution in [0.2, 0.25) is 0 Å². The van der Waals surface area contributed by atoms with Crippen LogP contribution in [-0.2, 0) is 16.1 Å². The number of thiophene rings is 1. The molecule has 3 aromatic rings. The zero-order chi connectivity index (χ0) is 23.2. The number of nitrogens with one attached hydrogen (secondary N) is 2. The molecule has 8 nitrogen and oxygen atoms in total. The van der Waals surface area contributed by atoms with Gasteiger partial charge in [0.25, 0.3) is 5.91 Å². The van der Waals surface area contributed by atoms with Crippen molar-refractivity contribution in [2.75, 3.05) is 36.6 Å². The topological polar surface area (TPSA) is 91.7 Å². The lowest BCUT2D eigenvalue weighted by Gasteiger charge is -2.28. The van der Waals surface area contributed by atoms with Crippen LogP contribution in [0.15, 0.2) is 60.2 Å². The summed E-state index contributed by atoms with van der Waals surface area (Å²) in [6.45, 7) is 12.4. The third kappa shape index (κ3) is 5.27. The van der Waals surface area contributed by atoms with E-state index in [0.717, 1.165) is 45.3 Å². The Morgan fingerprint density at radius 2 is 2.12 bits per heavy atom. The van der Waals surface area contributed by atoms with Crippen LogP contribution in [0.5, 0.6) is 0 Å². The van der Waals surface area contributed by atoms with Gasteiger partial charge in [-0.1, -0.05) is 31.4 Å². The number of nitrogens with zero attached hydrogens (tertiary/aromatic N) is 4. The Kier molecular flexibility index (Phi) is 7.11. The van der Waals surface area contributed by atoms with Gasteiger partial charge >= 0.3 is 0 Å². The van der Waals surface area contributed by atoms with Crippen LogP contribution in [0.25, 0.3) is 21.6 Å². The average molecular weight is 463 g/mol. The van der Waals surface area contributed by atoms with Crippen molar-refractivity contribution in [3.05, 3.63) is 60.0 Å². The summed E-state index contributed by atoms with van der Waals surface area (Å²) in [4.78, 5) is 25.1. The van der Waals surface area contributed by atoms with E-state index in [1.54, 1.807) is 17.6 Å². The van der Waals surface area contributed by atoms with Crippen molar-refractivity contribution in [3.8, 4) is 11.4 Å². The number of benzene rings is 1. The highest BCUT2D eigenvalue weighted by Crippen LogP contribution is 2.35. The maximum Gasteiger partial charge on any atom is 0.250 e. The van der Waals surface area contributed by atoms with Gasteiger partial charge in [0, 0.05) is 35.3 Å². The van der Waals surface area contributed by atoms with E-state index in [-0.39, 0.29) is 5.91 Å². The molecule has 170 valence electrons. The average Bonchev–Trinajstić information content (AvgIpc) is 3.28. The number of rotatable bonds is 8. The van der Waals surface area contributed by atoms with Crippen LogP contribution >= 0.6 is 11.3 Å². The summed E-state index contributed by atoms with van der Waals surface area (Å²) >= 11 is 1.59. The van der Waals surface area contributed by atoms with Gasteiger partial charge in [-0.2, -0.15) is 5.10 Å². The number of hydrogen-bond acceptors (Lipinski definition) is 8. The van der Waals surface area contributed by atoms with Crippen LogP contribution in [0.3, 0.4) is 0 Å². The predicted molar refractivity (Wildman–Crippen MR) is 135 cm³/mol. The second-order valence-corrected chi connectivity index (χ2v) is 8.53. The predicted octanol–water partition coefficient (Wildman–Crippen LogP) is 3.97. The molecule has 1 aliphatic heterocycles. The Balaban J connectivity index is 1.72. The minimum absolute atomic E-state index is 0.235. The van der Waals surface area contributed by atoms with Crippen LogP contribution in [-0.4, -0.2) is 48.4 Å². The molecule has 0 spiro atoms. The van der Waals surface area contributed by atoms with E-state index in [2.05, 4.69) is 33.9 Å². The Morgan fingerprint density at radius 1 is 1.30 bits per heavy atom. The normalized spacial score (nSPS) is 13.9. The van der Waals surface area contributed by atoms with Crippen molar-refractivity contribution in [3.63, 3.8) is 0 Å². The second kappa shape index (κ2) is 10.4. The molecule has 1 aliphatic rings. The van der Waals surface area contributed by atoms with Gasteiger partial charge in [-0.25, -0.2) is 9.97 Å². The number of carbonyl (C=O) groups is 1. The number of ether oxygens (including phenoxy) is 1. The minimum atomic E-state index is -0.235. The molecule has 0 unspecified atom stereocenters. The van der Waals surface area contributed by atoms with Crippen LogP contribution in [0.1, 0.15) is 11.8 Å². The fourth-order valence-electron chi connectivity index (χ4n) is 3.41. The molecular formula is C24H26N6O2S. The number of fused-ring (bicyclic) bond motifs is 1. The van der Waals surface area contributed by atoms with Gasteiger partial charge in [-0.15, -0.1) is 11.3 Å². The first-order valence-corrected chi connectivity index (χ1v) is 11.5. The molecule has 0 saturated carbocycles. The third-order valence-corrected chi connectivity index (χ3v) is 6.24. The maximum atomic E-state index is 12.1. The summed E-state index contributed by atoms with van der Waals surface area (Å²) in [6, 6.07) is 9.87. The molecule has 1 saturated heterocycles. The molecule has 1 fully saturated rings. The molecule has 3 heterocycles. The molecule has 0 aliphatic carbocycles. The zero-order valence-corrected chi connectivity index (χ0v) is 19.3. The summed E-state index contributed by atoms with van der Waals surface area (Å²) < 4.78 is 6.53. The zero-order valence-electron chi connectivity index (χ0n) is 18.5. The first-order valence-electron chi connectivity index (χ1n) is 10.7. The molecule has 33 heavy (non-hydrogen) atoms. The Hall–Kier alpha value is -3.56. The van der Waals surface area contributed by atoms with E-state index in [1.165, 1.54) is 6.08 Å². The van der Waals surface area contributed by atoms with Crippen LogP contribution in [0, 0.1) is 0 Å². The number of hydrogen-bond donors (Lipinski definition) is 2. The summed E-state index contributed by atoms with van der Waals surface area (Å²) in [5.74, 6) is 1.30. The highest BCUT2D eigenvalue weighted by atomic mass is 32.1. The van der Waals surface area contributed by atoms with Crippen molar-refractivity contribution < 1.29 is 9.53 Å². The molecule has 0 bridgehead atoms. The number of carbonyl (C=O) groups excluding carboxylic acids is 1. The summed E-state index contributed by atoms with van der Waals surface area (Å²) in [6.07, 6.45) is 3.14. The van der Waals surface area contributed by atoms with Crippen LogP contribution in [0.4, 0.5) is 11.5 Å². The van der Waals surface area contributed by atoms with E-state index >= 15 is 0 Å². The fourth-order valence-corrected chi connectivity index (χ4v) is 4.46. The first kappa shape index (κ1) is 22.6. The monoisotopic (exact) mass is 462 g/mol. The number of anilines is 2. The molecule has 0 radical (unpaired) electrons. The van der Waals surface area contributed by atoms with Gasteiger partial charge in [0.2, 0.25) is 0 Å². The summed E-state index contributed by atoms with van der Waals surface area (Å²) in [5.41, 5.74) is 5.94. The van der Waals surface area contributed by atoms with Gasteiger partial charge in [0.1, 0.15) is 0 Å². The lowest BCUT2D eigenvalue weighted by atomic mass is 10.2. The van der Waals surface area contributed by atoms with Crippen molar-refractivity contribution >= 4 is 45.2 Å². The van der Waals surface area contributed by atoms with Crippen molar-refractivity contribution in [2.24, 2.45) is 5.10 Å². The molecule has 0 atom stereocenters. The quantitative estimate of drug-likeness (QED) is 0.228. The molecule has 2 N–H and O–H groups in total. The van der Waals surface area contributed by atoms with Gasteiger partial charge in [0.15, 0.2) is 11.6 Å². The highest BCUT2D eigenvalue weighted by molar-refractivity contribution is 7.19. The first-order chi connectivity index (χ1) is 16.1. The number of amides is 1. The van der Waals surface area contributed by atoms with E-state index in [0.29, 0.717) is 31.2 Å². The van der Waals surface area contributed by atoms with Crippen LogP contribution < -0.4 is 15.6 Å². The third-order valence-electron chi connectivity index (χ3n) is 5.12. The summed E-state index contributed by atoms with van der Waals surface area (Å²) in [5, 5.41) is 6.97. The number of hydrazone groups is 1. The fraction of sp³-hybridized carbons (Fsp3) is 0.250. The van der Waals surface area contributed by atoms with Gasteiger partial charge in [-0.05, 0) is 25.1 Å². The van der Waals surface area contributed by atoms with Gasteiger partial charge in [-0.3, -0.25) is 10.2 Å². The van der Waals surface area contributed by atoms with E-state index in [9.17, 15) is 4.79 Å². The van der Waals surface area contributed by atoms with Crippen molar-refractivity contribution in [2.45, 2.75) is 13.5 Å². The molecule has 9 heteroatoms. The highest BCUT2D eigenvalue weighted by Gasteiger charge is 2.20. The smallest absolute Gasteiger partial charge is 0.250 e. The van der Waals surface area contributed by atoms with Crippen molar-refractivity contribution in [1.82, 2.24) is 15.3 Å².